The molecule has 7 nitrogen and oxygen atoms in total. The van der Waals surface area contributed by atoms with Crippen molar-refractivity contribution in [1.82, 2.24) is 19.4 Å². The molecule has 0 saturated carbocycles. The van der Waals surface area contributed by atoms with Crippen LogP contribution in [0.25, 0.3) is 5.95 Å². The molecule has 0 bridgehead atoms. The van der Waals surface area contributed by atoms with Crippen LogP contribution in [0.15, 0.2) is 24.5 Å². The monoisotopic (exact) mass is 324 g/mol. The molecule has 2 amide bonds. The topological polar surface area (TPSA) is 85.2 Å². The van der Waals surface area contributed by atoms with Gasteiger partial charge in [-0.25, -0.2) is 9.97 Å². The predicted octanol–water partition coefficient (Wildman–Crippen LogP) is 1.26. The van der Waals surface area contributed by atoms with Crippen LogP contribution >= 0.6 is 0 Å². The van der Waals surface area contributed by atoms with Crippen molar-refractivity contribution < 1.29 is 14.4 Å². The van der Waals surface area contributed by atoms with Gasteiger partial charge in [0.25, 0.3) is 0 Å². The maximum atomic E-state index is 12.5. The fourth-order valence-corrected chi connectivity index (χ4v) is 3.50. The van der Waals surface area contributed by atoms with Gasteiger partial charge in [0.1, 0.15) is 0 Å². The molecule has 0 spiro atoms. The average molecular weight is 324 g/mol. The highest BCUT2D eigenvalue weighted by atomic mass is 16.2. The third kappa shape index (κ3) is 2.08. The van der Waals surface area contributed by atoms with Gasteiger partial charge in [-0.05, 0) is 25.0 Å². The van der Waals surface area contributed by atoms with E-state index >= 15 is 0 Å². The molecule has 7 heteroatoms. The van der Waals surface area contributed by atoms with Gasteiger partial charge < -0.3 is 0 Å². The number of amides is 2. The Morgan fingerprint density at radius 2 is 1.88 bits per heavy atom. The van der Waals surface area contributed by atoms with Gasteiger partial charge in [-0.2, -0.15) is 0 Å². The van der Waals surface area contributed by atoms with Crippen LogP contribution in [0.3, 0.4) is 0 Å². The standard InChI is InChI=1S/C17H16N4O3/c1-20-15(23)9-11(16(20)24)13-8-10-12(4-2-5-14(10)22)21(13)17-18-6-3-7-19-17/h3,6-8,11H,2,4-5,9H2,1H3/t11-/m1/s1. The number of fused-ring (bicyclic) bond motifs is 1. The van der Waals surface area contributed by atoms with Gasteiger partial charge in [0, 0.05) is 49.2 Å². The van der Waals surface area contributed by atoms with Crippen molar-refractivity contribution in [3.8, 4) is 5.95 Å². The maximum absolute atomic E-state index is 12.5. The van der Waals surface area contributed by atoms with Crippen LogP contribution in [0.2, 0.25) is 0 Å². The van der Waals surface area contributed by atoms with Crippen LogP contribution in [0.4, 0.5) is 0 Å². The number of likely N-dealkylation sites (N-methyl/N-ethyl adjacent to an activating group) is 1. The summed E-state index contributed by atoms with van der Waals surface area (Å²) in [6, 6.07) is 3.46. The molecule has 4 rings (SSSR count). The Hall–Kier alpha value is -2.83. The van der Waals surface area contributed by atoms with E-state index in [0.29, 0.717) is 23.6 Å². The number of imide groups is 1. The Kier molecular flexibility index (Phi) is 3.30. The zero-order valence-electron chi connectivity index (χ0n) is 13.2. The van der Waals surface area contributed by atoms with Crippen molar-refractivity contribution in [1.29, 1.82) is 0 Å². The molecule has 3 heterocycles. The highest BCUT2D eigenvalue weighted by Gasteiger charge is 2.40. The fraction of sp³-hybridized carbons (Fsp3) is 0.353. The van der Waals surface area contributed by atoms with E-state index in [2.05, 4.69) is 9.97 Å². The van der Waals surface area contributed by atoms with E-state index in [9.17, 15) is 14.4 Å². The van der Waals surface area contributed by atoms with Crippen molar-refractivity contribution in [3.63, 3.8) is 0 Å². The number of likely N-dealkylation sites (tertiary alicyclic amines) is 1. The highest BCUT2D eigenvalue weighted by molar-refractivity contribution is 6.06. The second-order valence-corrected chi connectivity index (χ2v) is 6.14. The third-order valence-electron chi connectivity index (χ3n) is 4.74. The number of hydrogen-bond donors (Lipinski definition) is 0. The predicted molar refractivity (Wildman–Crippen MR) is 83.8 cm³/mol. The molecule has 0 radical (unpaired) electrons. The van der Waals surface area contributed by atoms with E-state index in [-0.39, 0.29) is 24.0 Å². The van der Waals surface area contributed by atoms with E-state index < -0.39 is 5.92 Å². The summed E-state index contributed by atoms with van der Waals surface area (Å²) in [5.74, 6) is -0.559. The molecule has 2 aromatic rings. The molecule has 0 unspecified atom stereocenters. The summed E-state index contributed by atoms with van der Waals surface area (Å²) in [5, 5.41) is 0. The van der Waals surface area contributed by atoms with Gasteiger partial charge in [-0.15, -0.1) is 0 Å². The summed E-state index contributed by atoms with van der Waals surface area (Å²) in [6.07, 6.45) is 5.35. The van der Waals surface area contributed by atoms with E-state index in [0.717, 1.165) is 23.4 Å². The summed E-state index contributed by atoms with van der Waals surface area (Å²) in [5.41, 5.74) is 2.09. The summed E-state index contributed by atoms with van der Waals surface area (Å²) >= 11 is 0. The molecule has 1 atom stereocenters. The summed E-state index contributed by atoms with van der Waals surface area (Å²) < 4.78 is 1.79. The van der Waals surface area contributed by atoms with Gasteiger partial charge >= 0.3 is 0 Å². The number of nitrogens with zero attached hydrogens (tertiary/aromatic N) is 4. The quantitative estimate of drug-likeness (QED) is 0.776. The number of rotatable bonds is 2. The molecule has 1 saturated heterocycles. The number of hydrogen-bond acceptors (Lipinski definition) is 5. The second-order valence-electron chi connectivity index (χ2n) is 6.14. The molecular weight excluding hydrogens is 308 g/mol. The first-order chi connectivity index (χ1) is 11.6. The lowest BCUT2D eigenvalue weighted by Gasteiger charge is -2.16. The van der Waals surface area contributed by atoms with E-state index in [4.69, 9.17) is 0 Å². The first-order valence-electron chi connectivity index (χ1n) is 7.93. The Balaban J connectivity index is 1.92. The Morgan fingerprint density at radius 3 is 2.54 bits per heavy atom. The molecule has 24 heavy (non-hydrogen) atoms. The molecule has 2 aromatic heterocycles. The van der Waals surface area contributed by atoms with Crippen LogP contribution in [0, 0.1) is 0 Å². The number of ketones is 1. The van der Waals surface area contributed by atoms with Crippen LogP contribution in [0.5, 0.6) is 0 Å². The van der Waals surface area contributed by atoms with Crippen LogP contribution < -0.4 is 0 Å². The fourth-order valence-electron chi connectivity index (χ4n) is 3.50. The molecule has 122 valence electrons. The van der Waals surface area contributed by atoms with E-state index in [1.165, 1.54) is 7.05 Å². The lowest BCUT2D eigenvalue weighted by molar-refractivity contribution is -0.137. The Bertz CT molecular complexity index is 856. The minimum absolute atomic E-state index is 0.0670. The lowest BCUT2D eigenvalue weighted by atomic mass is 9.96. The summed E-state index contributed by atoms with van der Waals surface area (Å²) in [6.45, 7) is 0. The first-order valence-corrected chi connectivity index (χ1v) is 7.93. The number of Topliss-reactive ketones (excluding diaryl/α,β-unsaturated/α-hetero) is 1. The minimum atomic E-state index is -0.593. The molecule has 0 aromatic carbocycles. The molecule has 0 N–H and O–H groups in total. The van der Waals surface area contributed by atoms with Gasteiger partial charge in [0.2, 0.25) is 17.8 Å². The molecule has 1 aliphatic carbocycles. The summed E-state index contributed by atoms with van der Waals surface area (Å²) in [7, 11) is 1.49. The zero-order chi connectivity index (χ0) is 16.8. The largest absolute Gasteiger partial charge is 0.294 e. The first kappa shape index (κ1) is 14.7. The van der Waals surface area contributed by atoms with E-state index in [1.54, 1.807) is 29.1 Å². The van der Waals surface area contributed by atoms with Crippen LogP contribution in [0.1, 0.15) is 46.9 Å². The Morgan fingerprint density at radius 1 is 1.12 bits per heavy atom. The van der Waals surface area contributed by atoms with Crippen molar-refractivity contribution in [3.05, 3.63) is 41.5 Å². The highest BCUT2D eigenvalue weighted by Crippen LogP contribution is 2.35. The van der Waals surface area contributed by atoms with Crippen LogP contribution in [-0.2, 0) is 16.0 Å². The van der Waals surface area contributed by atoms with Crippen molar-refractivity contribution in [2.45, 2.75) is 31.6 Å². The van der Waals surface area contributed by atoms with Crippen molar-refractivity contribution >= 4 is 17.6 Å². The lowest BCUT2D eigenvalue weighted by Crippen LogP contribution is -2.26. The van der Waals surface area contributed by atoms with Gasteiger partial charge in [-0.3, -0.25) is 23.9 Å². The SMILES string of the molecule is CN1C(=O)C[C@H](c2cc3c(n2-c2ncccn2)CCCC3=O)C1=O. The number of carbonyl (C=O) groups excluding carboxylic acids is 3. The van der Waals surface area contributed by atoms with Crippen molar-refractivity contribution in [2.24, 2.45) is 0 Å². The molecule has 1 fully saturated rings. The maximum Gasteiger partial charge on any atom is 0.238 e. The average Bonchev–Trinajstić information content (AvgIpc) is 3.10. The van der Waals surface area contributed by atoms with Gasteiger partial charge in [0.15, 0.2) is 5.78 Å². The molecule has 1 aliphatic heterocycles. The summed E-state index contributed by atoms with van der Waals surface area (Å²) in [4.78, 5) is 46.4. The second kappa shape index (κ2) is 5.36. The van der Waals surface area contributed by atoms with Crippen molar-refractivity contribution in [2.75, 3.05) is 7.05 Å². The van der Waals surface area contributed by atoms with E-state index in [1.807, 2.05) is 0 Å². The number of aromatic nitrogens is 3. The number of carbonyl (C=O) groups is 3. The molecular formula is C17H16N4O3. The normalized spacial score (nSPS) is 20.6. The zero-order valence-corrected chi connectivity index (χ0v) is 13.2. The van der Waals surface area contributed by atoms with Crippen LogP contribution in [-0.4, -0.2) is 44.1 Å². The van der Waals surface area contributed by atoms with Gasteiger partial charge in [-0.1, -0.05) is 0 Å². The van der Waals surface area contributed by atoms with Gasteiger partial charge in [0.05, 0.1) is 5.92 Å². The smallest absolute Gasteiger partial charge is 0.238 e. The Labute approximate surface area is 138 Å². The minimum Gasteiger partial charge on any atom is -0.294 e. The molecule has 2 aliphatic rings. The third-order valence-corrected chi connectivity index (χ3v) is 4.74.